The number of aromatic amines is 1. The number of pyridine rings is 2. The molecule has 0 unspecified atom stereocenters. The Hall–Kier alpha value is -3.83. The molecule has 8 nitrogen and oxygen atoms in total. The van der Waals surface area contributed by atoms with Crippen molar-refractivity contribution in [2.75, 3.05) is 24.7 Å². The van der Waals surface area contributed by atoms with Gasteiger partial charge in [-0.2, -0.15) is 0 Å². The number of rotatable bonds is 4. The van der Waals surface area contributed by atoms with Gasteiger partial charge in [-0.3, -0.25) is 4.98 Å². The molecular weight excluding hydrogens is 414 g/mol. The van der Waals surface area contributed by atoms with Crippen LogP contribution in [0.1, 0.15) is 26.5 Å². The number of hydrogen-bond donors (Lipinski definition) is 1. The predicted molar refractivity (Wildman–Crippen MR) is 128 cm³/mol. The third kappa shape index (κ3) is 3.92. The van der Waals surface area contributed by atoms with Crippen LogP contribution >= 0.6 is 0 Å². The average molecular weight is 440 g/mol. The minimum absolute atomic E-state index is 0.202. The van der Waals surface area contributed by atoms with E-state index in [1.165, 1.54) is 0 Å². The van der Waals surface area contributed by atoms with E-state index >= 15 is 0 Å². The molecule has 1 N–H and O–H groups in total. The van der Waals surface area contributed by atoms with Crippen LogP contribution in [0.3, 0.4) is 0 Å². The molecule has 1 atom stereocenters. The van der Waals surface area contributed by atoms with Crippen molar-refractivity contribution in [1.82, 2.24) is 24.9 Å². The smallest absolute Gasteiger partial charge is 0.268 e. The van der Waals surface area contributed by atoms with E-state index in [0.29, 0.717) is 24.7 Å². The van der Waals surface area contributed by atoms with E-state index < -0.39 is 5.54 Å². The van der Waals surface area contributed by atoms with Gasteiger partial charge < -0.3 is 19.5 Å². The van der Waals surface area contributed by atoms with Crippen LogP contribution in [0.15, 0.2) is 48.9 Å². The average Bonchev–Trinajstić information content (AvgIpc) is 3.33. The van der Waals surface area contributed by atoms with Crippen molar-refractivity contribution < 1.29 is 4.74 Å². The van der Waals surface area contributed by atoms with Crippen LogP contribution in [-0.2, 0) is 10.3 Å². The van der Waals surface area contributed by atoms with Crippen molar-refractivity contribution in [2.24, 2.45) is 0 Å². The zero-order chi connectivity index (χ0) is 23.0. The maximum atomic E-state index is 7.55. The van der Waals surface area contributed by atoms with Crippen LogP contribution in [0.4, 0.5) is 5.82 Å². The lowest BCUT2D eigenvalue weighted by Crippen LogP contribution is -2.44. The molecule has 0 radical (unpaired) electrons. The summed E-state index contributed by atoms with van der Waals surface area (Å²) < 4.78 is 5.64. The molecule has 33 heavy (non-hydrogen) atoms. The minimum Gasteiger partial charge on any atom is -0.377 e. The van der Waals surface area contributed by atoms with Gasteiger partial charge in [0.1, 0.15) is 17.2 Å². The standard InChI is InChI=1S/C25H25N7O/c1-16-15-33-12-11-32(16)22-14-20(17-5-8-27-21(13-17)25(2,3)26-4)30-24(31-22)19-7-10-29-23-18(19)6-9-28-23/h5-10,13-14,16H,11-12,15H2,1-3H3,(H,28,29)/t16-/m1/s1. The Morgan fingerprint density at radius 1 is 1.15 bits per heavy atom. The normalized spacial score (nSPS) is 16.7. The third-order valence-corrected chi connectivity index (χ3v) is 6.04. The zero-order valence-electron chi connectivity index (χ0n) is 18.9. The first-order valence-electron chi connectivity index (χ1n) is 11.0. The summed E-state index contributed by atoms with van der Waals surface area (Å²) in [6.07, 6.45) is 5.38. The molecule has 4 aromatic heterocycles. The summed E-state index contributed by atoms with van der Waals surface area (Å²) >= 11 is 0. The maximum absolute atomic E-state index is 7.55. The zero-order valence-corrected chi connectivity index (χ0v) is 18.9. The van der Waals surface area contributed by atoms with Crippen molar-refractivity contribution >= 4 is 16.9 Å². The lowest BCUT2D eigenvalue weighted by molar-refractivity contribution is 0.0985. The molecule has 1 aliphatic heterocycles. The monoisotopic (exact) mass is 439 g/mol. The van der Waals surface area contributed by atoms with Gasteiger partial charge in [0.25, 0.3) is 5.54 Å². The van der Waals surface area contributed by atoms with E-state index in [4.69, 9.17) is 21.3 Å². The second kappa shape index (κ2) is 8.26. The second-order valence-corrected chi connectivity index (χ2v) is 8.75. The number of fused-ring (bicyclic) bond motifs is 1. The topological polar surface area (TPSA) is 84.2 Å². The number of H-pyrrole nitrogens is 1. The summed E-state index contributed by atoms with van der Waals surface area (Å²) in [5.74, 6) is 1.49. The summed E-state index contributed by atoms with van der Waals surface area (Å²) in [7, 11) is 0. The van der Waals surface area contributed by atoms with Crippen molar-refractivity contribution in [1.29, 1.82) is 0 Å². The molecule has 1 fully saturated rings. The third-order valence-electron chi connectivity index (χ3n) is 6.04. The lowest BCUT2D eigenvalue weighted by atomic mass is 9.99. The van der Waals surface area contributed by atoms with Crippen LogP contribution in [0.5, 0.6) is 0 Å². The van der Waals surface area contributed by atoms with Crippen molar-refractivity contribution in [3.63, 3.8) is 0 Å². The van der Waals surface area contributed by atoms with Gasteiger partial charge in [0.2, 0.25) is 0 Å². The summed E-state index contributed by atoms with van der Waals surface area (Å²) in [4.78, 5) is 28.0. The van der Waals surface area contributed by atoms with E-state index in [0.717, 1.165) is 40.2 Å². The van der Waals surface area contributed by atoms with Crippen LogP contribution < -0.4 is 4.90 Å². The van der Waals surface area contributed by atoms with Crippen LogP contribution in [-0.4, -0.2) is 50.7 Å². The molecule has 1 aliphatic rings. The van der Waals surface area contributed by atoms with E-state index in [1.807, 2.05) is 50.4 Å². The van der Waals surface area contributed by atoms with Gasteiger partial charge in [-0.15, -0.1) is 0 Å². The molecule has 5 rings (SSSR count). The molecule has 0 amide bonds. The first-order valence-corrected chi connectivity index (χ1v) is 11.0. The lowest BCUT2D eigenvalue weighted by Gasteiger charge is -2.34. The Morgan fingerprint density at radius 2 is 2.00 bits per heavy atom. The number of ether oxygens (including phenoxy) is 1. The first kappa shape index (κ1) is 21.0. The van der Waals surface area contributed by atoms with Gasteiger partial charge in [-0.1, -0.05) is 0 Å². The first-order chi connectivity index (χ1) is 16.0. The Labute approximate surface area is 192 Å². The molecule has 8 heteroatoms. The fraction of sp³-hybridized carbons (Fsp3) is 0.320. The summed E-state index contributed by atoms with van der Waals surface area (Å²) in [5.41, 5.74) is 3.42. The van der Waals surface area contributed by atoms with Crippen LogP contribution in [0.25, 0.3) is 38.5 Å². The van der Waals surface area contributed by atoms with Gasteiger partial charge in [0, 0.05) is 61.6 Å². The Kier molecular flexibility index (Phi) is 5.27. The molecule has 0 aromatic carbocycles. The summed E-state index contributed by atoms with van der Waals surface area (Å²) in [5, 5.41) is 0.972. The fourth-order valence-electron chi connectivity index (χ4n) is 4.05. The van der Waals surface area contributed by atoms with Crippen LogP contribution in [0.2, 0.25) is 0 Å². The van der Waals surface area contributed by atoms with E-state index in [1.54, 1.807) is 12.4 Å². The van der Waals surface area contributed by atoms with E-state index in [9.17, 15) is 0 Å². The number of morpholine rings is 1. The Balaban J connectivity index is 1.69. The van der Waals surface area contributed by atoms with Crippen molar-refractivity contribution in [3.8, 4) is 22.6 Å². The quantitative estimate of drug-likeness (QED) is 0.473. The molecular formula is C25H25N7O. The number of anilines is 1. The molecule has 0 bridgehead atoms. The highest BCUT2D eigenvalue weighted by Gasteiger charge is 2.28. The fourth-order valence-corrected chi connectivity index (χ4v) is 4.05. The molecule has 5 heterocycles. The number of nitrogens with one attached hydrogen (secondary N) is 1. The van der Waals surface area contributed by atoms with Gasteiger partial charge in [0.05, 0.1) is 24.9 Å². The van der Waals surface area contributed by atoms with Crippen molar-refractivity contribution in [2.45, 2.75) is 32.4 Å². The minimum atomic E-state index is -0.712. The largest absolute Gasteiger partial charge is 0.377 e. The molecule has 0 aliphatic carbocycles. The maximum Gasteiger partial charge on any atom is 0.268 e. The molecule has 166 valence electrons. The van der Waals surface area contributed by atoms with Gasteiger partial charge in [-0.05, 0) is 31.2 Å². The van der Waals surface area contributed by atoms with E-state index in [2.05, 4.69) is 31.6 Å². The second-order valence-electron chi connectivity index (χ2n) is 8.75. The highest BCUT2D eigenvalue weighted by molar-refractivity contribution is 5.91. The highest BCUT2D eigenvalue weighted by Crippen LogP contribution is 2.32. The predicted octanol–water partition coefficient (Wildman–Crippen LogP) is 4.46. The number of aromatic nitrogens is 5. The van der Waals surface area contributed by atoms with E-state index in [-0.39, 0.29) is 6.04 Å². The van der Waals surface area contributed by atoms with Crippen molar-refractivity contribution in [3.05, 3.63) is 66.0 Å². The molecule has 1 saturated heterocycles. The SMILES string of the molecule is [C-]#[N+]C(C)(C)c1cc(-c2cc(N3CCOC[C@H]3C)nc(-c3ccnc4[nH]ccc34)n2)ccn1. The van der Waals surface area contributed by atoms with Gasteiger partial charge in [0.15, 0.2) is 5.82 Å². The molecule has 4 aromatic rings. The van der Waals surface area contributed by atoms with Gasteiger partial charge >= 0.3 is 0 Å². The Bertz CT molecular complexity index is 1350. The number of hydrogen-bond acceptors (Lipinski definition) is 6. The highest BCUT2D eigenvalue weighted by atomic mass is 16.5. The number of nitrogens with zero attached hydrogens (tertiary/aromatic N) is 6. The van der Waals surface area contributed by atoms with Gasteiger partial charge in [-0.25, -0.2) is 21.5 Å². The molecule has 0 saturated carbocycles. The molecule has 0 spiro atoms. The summed E-state index contributed by atoms with van der Waals surface area (Å²) in [6, 6.07) is 10.0. The van der Waals surface area contributed by atoms with Crippen LogP contribution in [0, 0.1) is 6.57 Å². The Morgan fingerprint density at radius 3 is 2.82 bits per heavy atom. The summed E-state index contributed by atoms with van der Waals surface area (Å²) in [6.45, 7) is 15.5.